The van der Waals surface area contributed by atoms with Crippen molar-refractivity contribution in [2.75, 3.05) is 5.32 Å². The van der Waals surface area contributed by atoms with Gasteiger partial charge in [-0.25, -0.2) is 0 Å². The maximum Gasteiger partial charge on any atom is 0.0992 e. The molecule has 102 valence electrons. The molecule has 0 spiro atoms. The number of para-hydroxylation sites is 1. The van der Waals surface area contributed by atoms with Gasteiger partial charge in [-0.3, -0.25) is 4.98 Å². The van der Waals surface area contributed by atoms with Crippen LogP contribution in [0, 0.1) is 11.3 Å². The maximum absolute atomic E-state index is 8.95. The van der Waals surface area contributed by atoms with Gasteiger partial charge in [-0.2, -0.15) is 5.26 Å². The molecule has 0 aliphatic carbocycles. The van der Waals surface area contributed by atoms with E-state index in [1.54, 1.807) is 24.4 Å². The predicted octanol–water partition coefficient (Wildman–Crippen LogP) is 4.37. The normalized spacial score (nSPS) is 10.3. The SMILES string of the molecule is N#Cc1ccc(Cl)c(NCc2cccc3cccnc23)c1. The van der Waals surface area contributed by atoms with Crippen LogP contribution in [-0.2, 0) is 6.54 Å². The maximum atomic E-state index is 8.95. The van der Waals surface area contributed by atoms with Gasteiger partial charge in [0.15, 0.2) is 0 Å². The minimum atomic E-state index is 0.581. The number of benzene rings is 2. The molecule has 0 fully saturated rings. The summed E-state index contributed by atoms with van der Waals surface area (Å²) in [4.78, 5) is 4.42. The van der Waals surface area contributed by atoms with E-state index in [1.807, 2.05) is 30.3 Å². The van der Waals surface area contributed by atoms with Crippen molar-refractivity contribution in [2.45, 2.75) is 6.54 Å². The highest BCUT2D eigenvalue weighted by atomic mass is 35.5. The molecule has 0 radical (unpaired) electrons. The molecule has 3 nitrogen and oxygen atoms in total. The molecule has 3 rings (SSSR count). The lowest BCUT2D eigenvalue weighted by Gasteiger charge is -2.10. The number of fused-ring (bicyclic) bond motifs is 1. The molecule has 4 heteroatoms. The van der Waals surface area contributed by atoms with Crippen molar-refractivity contribution >= 4 is 28.2 Å². The highest BCUT2D eigenvalue weighted by molar-refractivity contribution is 6.33. The van der Waals surface area contributed by atoms with Gasteiger partial charge in [0.05, 0.1) is 27.9 Å². The summed E-state index contributed by atoms with van der Waals surface area (Å²) in [5.74, 6) is 0. The van der Waals surface area contributed by atoms with Crippen LogP contribution in [0.25, 0.3) is 10.9 Å². The molecule has 0 saturated carbocycles. The molecule has 0 atom stereocenters. The lowest BCUT2D eigenvalue weighted by atomic mass is 10.1. The molecule has 0 bridgehead atoms. The van der Waals surface area contributed by atoms with Crippen LogP contribution in [0.2, 0.25) is 5.02 Å². The van der Waals surface area contributed by atoms with E-state index in [-0.39, 0.29) is 0 Å². The van der Waals surface area contributed by atoms with E-state index in [9.17, 15) is 0 Å². The van der Waals surface area contributed by atoms with Crippen LogP contribution in [0.1, 0.15) is 11.1 Å². The average molecular weight is 294 g/mol. The molecule has 0 amide bonds. The molecule has 3 aromatic rings. The monoisotopic (exact) mass is 293 g/mol. The van der Waals surface area contributed by atoms with Crippen LogP contribution in [-0.4, -0.2) is 4.98 Å². The number of aromatic nitrogens is 1. The summed E-state index contributed by atoms with van der Waals surface area (Å²) >= 11 is 6.15. The van der Waals surface area contributed by atoms with E-state index in [0.717, 1.165) is 22.2 Å². The van der Waals surface area contributed by atoms with E-state index >= 15 is 0 Å². The summed E-state index contributed by atoms with van der Waals surface area (Å²) in [5.41, 5.74) is 3.40. The summed E-state index contributed by atoms with van der Waals surface area (Å²) in [6.07, 6.45) is 1.79. The van der Waals surface area contributed by atoms with Crippen LogP contribution in [0.5, 0.6) is 0 Å². The van der Waals surface area contributed by atoms with E-state index in [1.165, 1.54) is 0 Å². The van der Waals surface area contributed by atoms with Gasteiger partial charge >= 0.3 is 0 Å². The summed E-state index contributed by atoms with van der Waals surface area (Å²) in [7, 11) is 0. The largest absolute Gasteiger partial charge is 0.380 e. The molecule has 0 aliphatic heterocycles. The number of halogens is 1. The Morgan fingerprint density at radius 2 is 2.00 bits per heavy atom. The Labute approximate surface area is 127 Å². The Morgan fingerprint density at radius 3 is 2.86 bits per heavy atom. The van der Waals surface area contributed by atoms with E-state index < -0.39 is 0 Å². The van der Waals surface area contributed by atoms with E-state index in [0.29, 0.717) is 17.1 Å². The fourth-order valence-electron chi connectivity index (χ4n) is 2.23. The molecule has 0 unspecified atom stereocenters. The third-order valence-electron chi connectivity index (χ3n) is 3.28. The summed E-state index contributed by atoms with van der Waals surface area (Å²) in [6.45, 7) is 0.600. The minimum Gasteiger partial charge on any atom is -0.380 e. The minimum absolute atomic E-state index is 0.581. The number of anilines is 1. The van der Waals surface area contributed by atoms with Gasteiger partial charge in [-0.15, -0.1) is 0 Å². The van der Waals surface area contributed by atoms with Gasteiger partial charge in [-0.1, -0.05) is 35.9 Å². The average Bonchev–Trinajstić information content (AvgIpc) is 2.54. The highest BCUT2D eigenvalue weighted by Crippen LogP contribution is 2.24. The zero-order chi connectivity index (χ0) is 14.7. The molecule has 0 saturated heterocycles. The first-order valence-corrected chi connectivity index (χ1v) is 6.92. The molecular weight excluding hydrogens is 282 g/mol. The van der Waals surface area contributed by atoms with Crippen molar-refractivity contribution in [3.63, 3.8) is 0 Å². The second-order valence-electron chi connectivity index (χ2n) is 4.65. The Balaban J connectivity index is 1.89. The number of nitrogens with zero attached hydrogens (tertiary/aromatic N) is 2. The summed E-state index contributed by atoms with van der Waals surface area (Å²) in [5, 5.41) is 13.9. The molecule has 21 heavy (non-hydrogen) atoms. The lowest BCUT2D eigenvalue weighted by Crippen LogP contribution is -2.01. The fraction of sp³-hybridized carbons (Fsp3) is 0.0588. The quantitative estimate of drug-likeness (QED) is 0.780. The number of rotatable bonds is 3. The highest BCUT2D eigenvalue weighted by Gasteiger charge is 2.05. The van der Waals surface area contributed by atoms with Crippen LogP contribution in [0.3, 0.4) is 0 Å². The first-order valence-electron chi connectivity index (χ1n) is 6.54. The third-order valence-corrected chi connectivity index (χ3v) is 3.61. The van der Waals surface area contributed by atoms with Crippen LogP contribution in [0.15, 0.2) is 54.7 Å². The first kappa shape index (κ1) is 13.4. The molecule has 1 heterocycles. The van der Waals surface area contributed by atoms with Gasteiger partial charge in [-0.05, 0) is 29.8 Å². The van der Waals surface area contributed by atoms with Gasteiger partial charge in [0.1, 0.15) is 0 Å². The number of hydrogen-bond donors (Lipinski definition) is 1. The van der Waals surface area contributed by atoms with Crippen molar-refractivity contribution in [3.8, 4) is 6.07 Å². The standard InChI is InChI=1S/C17H12ClN3/c18-15-7-6-12(10-19)9-16(15)21-11-14-4-1-3-13-5-2-8-20-17(13)14/h1-9,21H,11H2. The van der Waals surface area contributed by atoms with Crippen LogP contribution < -0.4 is 5.32 Å². The zero-order valence-electron chi connectivity index (χ0n) is 11.2. The smallest absolute Gasteiger partial charge is 0.0992 e. The van der Waals surface area contributed by atoms with Crippen molar-refractivity contribution in [1.29, 1.82) is 5.26 Å². The van der Waals surface area contributed by atoms with Gasteiger partial charge in [0.25, 0.3) is 0 Å². The third kappa shape index (κ3) is 2.81. The molecule has 1 N–H and O–H groups in total. The summed E-state index contributed by atoms with van der Waals surface area (Å²) < 4.78 is 0. The van der Waals surface area contributed by atoms with Crippen molar-refractivity contribution < 1.29 is 0 Å². The van der Waals surface area contributed by atoms with Crippen molar-refractivity contribution in [1.82, 2.24) is 4.98 Å². The number of nitriles is 1. The summed E-state index contributed by atoms with van der Waals surface area (Å²) in [6, 6.07) is 17.3. The first-order chi connectivity index (χ1) is 10.3. The molecule has 1 aromatic heterocycles. The number of pyridine rings is 1. The second-order valence-corrected chi connectivity index (χ2v) is 5.06. The van der Waals surface area contributed by atoms with Crippen LogP contribution in [0.4, 0.5) is 5.69 Å². The fourth-order valence-corrected chi connectivity index (χ4v) is 2.42. The Morgan fingerprint density at radius 1 is 1.14 bits per heavy atom. The number of hydrogen-bond acceptors (Lipinski definition) is 3. The predicted molar refractivity (Wildman–Crippen MR) is 85.2 cm³/mol. The van der Waals surface area contributed by atoms with Crippen LogP contribution >= 0.6 is 11.6 Å². The van der Waals surface area contributed by atoms with Gasteiger partial charge in [0.2, 0.25) is 0 Å². The Hall–Kier alpha value is -2.57. The van der Waals surface area contributed by atoms with E-state index in [2.05, 4.69) is 16.4 Å². The van der Waals surface area contributed by atoms with Gasteiger partial charge < -0.3 is 5.32 Å². The topological polar surface area (TPSA) is 48.7 Å². The molecular formula is C17H12ClN3. The van der Waals surface area contributed by atoms with Crippen molar-refractivity contribution in [2.24, 2.45) is 0 Å². The lowest BCUT2D eigenvalue weighted by molar-refractivity contribution is 1.15. The van der Waals surface area contributed by atoms with Gasteiger partial charge in [0, 0.05) is 18.1 Å². The van der Waals surface area contributed by atoms with Crippen molar-refractivity contribution in [3.05, 3.63) is 70.9 Å². The second kappa shape index (κ2) is 5.82. The number of nitrogens with one attached hydrogen (secondary N) is 1. The molecule has 0 aliphatic rings. The van der Waals surface area contributed by atoms with E-state index in [4.69, 9.17) is 16.9 Å². The Bertz CT molecular complexity index is 832. The molecule has 2 aromatic carbocycles. The Kier molecular flexibility index (Phi) is 3.72. The zero-order valence-corrected chi connectivity index (χ0v) is 11.9.